The predicted octanol–water partition coefficient (Wildman–Crippen LogP) is 0.0127. The standard InChI is InChI=1S/C12H16FN3O2/c13-9-3-6-16(7-9)12(18)10(14)11(17)8-1-4-15-5-2-8/h1-2,4-5,9-11,17H,3,6-7,14H2/t9?,10-,11+/m1/s1. The van der Waals surface area contributed by atoms with Crippen molar-refractivity contribution in [1.29, 1.82) is 0 Å². The van der Waals surface area contributed by atoms with Gasteiger partial charge in [0.05, 0.1) is 6.54 Å². The van der Waals surface area contributed by atoms with Gasteiger partial charge in [-0.15, -0.1) is 0 Å². The first-order chi connectivity index (χ1) is 8.59. The topological polar surface area (TPSA) is 79.5 Å². The fourth-order valence-electron chi connectivity index (χ4n) is 2.03. The van der Waals surface area contributed by atoms with Gasteiger partial charge in [-0.1, -0.05) is 0 Å². The van der Waals surface area contributed by atoms with Crippen LogP contribution in [0, 0.1) is 0 Å². The number of hydrogen-bond donors (Lipinski definition) is 2. The summed E-state index contributed by atoms with van der Waals surface area (Å²) in [6, 6.07) is 2.12. The number of aliphatic hydroxyl groups excluding tert-OH is 1. The van der Waals surface area contributed by atoms with E-state index < -0.39 is 24.2 Å². The number of alkyl halides is 1. The van der Waals surface area contributed by atoms with Crippen molar-refractivity contribution < 1.29 is 14.3 Å². The third-order valence-electron chi connectivity index (χ3n) is 3.12. The molecule has 2 heterocycles. The van der Waals surface area contributed by atoms with Gasteiger partial charge < -0.3 is 15.7 Å². The van der Waals surface area contributed by atoms with E-state index in [0.717, 1.165) is 0 Å². The number of aromatic nitrogens is 1. The van der Waals surface area contributed by atoms with Gasteiger partial charge >= 0.3 is 0 Å². The zero-order valence-electron chi connectivity index (χ0n) is 9.87. The average molecular weight is 253 g/mol. The largest absolute Gasteiger partial charge is 0.386 e. The molecule has 0 radical (unpaired) electrons. The Bertz CT molecular complexity index is 415. The van der Waals surface area contributed by atoms with Crippen LogP contribution in [0.2, 0.25) is 0 Å². The van der Waals surface area contributed by atoms with Crippen molar-refractivity contribution in [3.8, 4) is 0 Å². The number of halogens is 1. The molecule has 1 amide bonds. The van der Waals surface area contributed by atoms with Gasteiger partial charge in [-0.25, -0.2) is 4.39 Å². The molecule has 1 aromatic heterocycles. The molecule has 0 aromatic carbocycles. The normalized spacial score (nSPS) is 22.8. The minimum absolute atomic E-state index is 0.0651. The van der Waals surface area contributed by atoms with Crippen LogP contribution in [0.15, 0.2) is 24.5 Å². The van der Waals surface area contributed by atoms with Gasteiger partial charge in [-0.3, -0.25) is 9.78 Å². The maximum absolute atomic E-state index is 13.0. The highest BCUT2D eigenvalue weighted by Gasteiger charge is 2.32. The van der Waals surface area contributed by atoms with Gasteiger partial charge in [-0.2, -0.15) is 0 Å². The number of rotatable bonds is 3. The maximum Gasteiger partial charge on any atom is 0.242 e. The van der Waals surface area contributed by atoms with Crippen LogP contribution in [0.1, 0.15) is 18.1 Å². The highest BCUT2D eigenvalue weighted by atomic mass is 19.1. The molecule has 1 aliphatic heterocycles. The zero-order valence-corrected chi connectivity index (χ0v) is 9.87. The molecular formula is C12H16FN3O2. The molecule has 1 aliphatic rings. The molecule has 3 N–H and O–H groups in total. The lowest BCUT2D eigenvalue weighted by Gasteiger charge is -2.23. The van der Waals surface area contributed by atoms with Gasteiger partial charge in [0.15, 0.2) is 0 Å². The van der Waals surface area contributed by atoms with Crippen molar-refractivity contribution in [2.45, 2.75) is 24.7 Å². The summed E-state index contributed by atoms with van der Waals surface area (Å²) >= 11 is 0. The summed E-state index contributed by atoms with van der Waals surface area (Å²) in [7, 11) is 0. The Morgan fingerprint density at radius 2 is 2.22 bits per heavy atom. The summed E-state index contributed by atoms with van der Waals surface area (Å²) in [6.07, 6.45) is 1.29. The Kier molecular flexibility index (Phi) is 3.88. The Labute approximate surface area is 104 Å². The van der Waals surface area contributed by atoms with E-state index in [9.17, 15) is 14.3 Å². The Balaban J connectivity index is 2.02. The number of nitrogens with two attached hydrogens (primary N) is 1. The second-order valence-electron chi connectivity index (χ2n) is 4.42. The fraction of sp³-hybridized carbons (Fsp3) is 0.500. The second-order valence-corrected chi connectivity index (χ2v) is 4.42. The third-order valence-corrected chi connectivity index (χ3v) is 3.12. The Morgan fingerprint density at radius 3 is 2.78 bits per heavy atom. The summed E-state index contributed by atoms with van der Waals surface area (Å²) in [5.41, 5.74) is 6.26. The van der Waals surface area contributed by atoms with Crippen molar-refractivity contribution >= 4 is 5.91 Å². The number of pyridine rings is 1. The van der Waals surface area contributed by atoms with Crippen LogP contribution in [0.3, 0.4) is 0 Å². The Morgan fingerprint density at radius 1 is 1.56 bits per heavy atom. The summed E-state index contributed by atoms with van der Waals surface area (Å²) in [4.78, 5) is 17.1. The predicted molar refractivity (Wildman–Crippen MR) is 63.3 cm³/mol. The summed E-state index contributed by atoms with van der Waals surface area (Å²) < 4.78 is 13.0. The maximum atomic E-state index is 13.0. The van der Waals surface area contributed by atoms with E-state index in [1.807, 2.05) is 0 Å². The molecule has 18 heavy (non-hydrogen) atoms. The lowest BCUT2D eigenvalue weighted by atomic mass is 10.0. The third kappa shape index (κ3) is 2.65. The second kappa shape index (κ2) is 5.41. The Hall–Kier alpha value is -1.53. The van der Waals surface area contributed by atoms with Crippen molar-refractivity contribution in [2.24, 2.45) is 5.73 Å². The van der Waals surface area contributed by atoms with Crippen LogP contribution >= 0.6 is 0 Å². The van der Waals surface area contributed by atoms with Gasteiger partial charge in [0, 0.05) is 18.9 Å². The summed E-state index contributed by atoms with van der Waals surface area (Å²) in [5, 5.41) is 9.99. The molecule has 0 bridgehead atoms. The van der Waals surface area contributed by atoms with E-state index in [1.54, 1.807) is 12.1 Å². The van der Waals surface area contributed by atoms with Crippen LogP contribution in [-0.4, -0.2) is 46.2 Å². The highest BCUT2D eigenvalue weighted by Crippen LogP contribution is 2.19. The van der Waals surface area contributed by atoms with Gasteiger partial charge in [-0.05, 0) is 24.1 Å². The van der Waals surface area contributed by atoms with Gasteiger partial charge in [0.2, 0.25) is 5.91 Å². The highest BCUT2D eigenvalue weighted by molar-refractivity contribution is 5.82. The average Bonchev–Trinajstić information content (AvgIpc) is 2.84. The molecule has 0 saturated carbocycles. The fourth-order valence-corrected chi connectivity index (χ4v) is 2.03. The van der Waals surface area contributed by atoms with Crippen LogP contribution in [0.4, 0.5) is 4.39 Å². The number of hydrogen-bond acceptors (Lipinski definition) is 4. The lowest BCUT2D eigenvalue weighted by molar-refractivity contribution is -0.134. The van der Waals surface area contributed by atoms with Crippen LogP contribution in [-0.2, 0) is 4.79 Å². The lowest BCUT2D eigenvalue weighted by Crippen LogP contribution is -2.46. The molecule has 6 heteroatoms. The molecule has 1 saturated heterocycles. The van der Waals surface area contributed by atoms with Crippen molar-refractivity contribution in [1.82, 2.24) is 9.88 Å². The van der Waals surface area contributed by atoms with E-state index in [4.69, 9.17) is 5.73 Å². The zero-order chi connectivity index (χ0) is 13.1. The number of likely N-dealkylation sites (tertiary alicyclic amines) is 1. The van der Waals surface area contributed by atoms with Crippen LogP contribution < -0.4 is 5.73 Å². The quantitative estimate of drug-likeness (QED) is 0.795. The number of carbonyl (C=O) groups is 1. The molecule has 1 aromatic rings. The molecule has 1 fully saturated rings. The van der Waals surface area contributed by atoms with E-state index in [0.29, 0.717) is 18.5 Å². The smallest absolute Gasteiger partial charge is 0.242 e. The molecule has 0 spiro atoms. The first-order valence-electron chi connectivity index (χ1n) is 5.86. The number of nitrogens with zero attached hydrogens (tertiary/aromatic N) is 2. The van der Waals surface area contributed by atoms with Crippen molar-refractivity contribution in [3.63, 3.8) is 0 Å². The molecular weight excluding hydrogens is 237 g/mol. The van der Waals surface area contributed by atoms with Crippen molar-refractivity contribution in [2.75, 3.05) is 13.1 Å². The molecule has 5 nitrogen and oxygen atoms in total. The number of carbonyl (C=O) groups excluding carboxylic acids is 1. The van der Waals surface area contributed by atoms with Crippen LogP contribution in [0.25, 0.3) is 0 Å². The summed E-state index contributed by atoms with van der Waals surface area (Å²) in [6.45, 7) is 0.423. The van der Waals surface area contributed by atoms with Gasteiger partial charge in [0.25, 0.3) is 0 Å². The minimum Gasteiger partial charge on any atom is -0.386 e. The molecule has 98 valence electrons. The minimum atomic E-state index is -1.10. The first kappa shape index (κ1) is 12.9. The molecule has 3 atom stereocenters. The van der Waals surface area contributed by atoms with E-state index in [-0.39, 0.29) is 6.54 Å². The molecule has 0 aliphatic carbocycles. The van der Waals surface area contributed by atoms with Crippen molar-refractivity contribution in [3.05, 3.63) is 30.1 Å². The van der Waals surface area contributed by atoms with Gasteiger partial charge in [0.1, 0.15) is 18.3 Å². The van der Waals surface area contributed by atoms with E-state index >= 15 is 0 Å². The number of amides is 1. The van der Waals surface area contributed by atoms with E-state index in [2.05, 4.69) is 4.98 Å². The van der Waals surface area contributed by atoms with Crippen LogP contribution in [0.5, 0.6) is 0 Å². The molecule has 1 unspecified atom stereocenters. The molecule has 2 rings (SSSR count). The first-order valence-corrected chi connectivity index (χ1v) is 5.86. The van der Waals surface area contributed by atoms with E-state index in [1.165, 1.54) is 17.3 Å². The summed E-state index contributed by atoms with van der Waals surface area (Å²) in [5.74, 6) is -0.417. The SMILES string of the molecule is N[C@@H](C(=O)N1CCC(F)C1)[C@@H](O)c1ccncc1. The number of aliphatic hydroxyl groups is 1. The monoisotopic (exact) mass is 253 g/mol.